The zero-order chi connectivity index (χ0) is 79.8. The van der Waals surface area contributed by atoms with Crippen LogP contribution in [-0.4, -0.2) is 150 Å². The van der Waals surface area contributed by atoms with Crippen LogP contribution in [0.4, 0.5) is 0 Å². The van der Waals surface area contributed by atoms with E-state index in [0.29, 0.717) is 91.4 Å². The molecule has 0 aliphatic heterocycles. The van der Waals surface area contributed by atoms with Gasteiger partial charge in [0.25, 0.3) is 0 Å². The van der Waals surface area contributed by atoms with Crippen molar-refractivity contribution < 1.29 is 163 Å². The summed E-state index contributed by atoms with van der Waals surface area (Å²) >= 11 is 0. The molecule has 0 bridgehead atoms. The smallest absolute Gasteiger partial charge is 0.545 e. The van der Waals surface area contributed by atoms with E-state index in [1.165, 1.54) is 58.3 Å². The quantitative estimate of drug-likeness (QED) is 0.0310. The normalized spacial score (nSPS) is 11.5. The first-order chi connectivity index (χ1) is 52.6. The third-order valence-corrected chi connectivity index (χ3v) is 17.0. The molecule has 0 fully saturated rings. The van der Waals surface area contributed by atoms with Gasteiger partial charge in [-0.1, -0.05) is 146 Å². The summed E-state index contributed by atoms with van der Waals surface area (Å²) in [5, 5.41) is 91.9. The van der Waals surface area contributed by atoms with Crippen LogP contribution in [0.5, 0.6) is 0 Å². The summed E-state index contributed by atoms with van der Waals surface area (Å²) in [7, 11) is 6.75. The number of nitrogens with zero attached hydrogens (tertiary/aromatic N) is 6. The van der Waals surface area contributed by atoms with E-state index in [1.54, 1.807) is 125 Å². The van der Waals surface area contributed by atoms with Crippen molar-refractivity contribution in [2.45, 2.75) is 65.2 Å². The van der Waals surface area contributed by atoms with Crippen molar-refractivity contribution in [2.75, 3.05) is 54.4 Å². The molecule has 0 heterocycles. The van der Waals surface area contributed by atoms with Crippen molar-refractivity contribution in [3.05, 3.63) is 343 Å². The summed E-state index contributed by atoms with van der Waals surface area (Å²) in [6.07, 6.45) is 15.0. The second-order valence-electron chi connectivity index (χ2n) is 26.6. The zero-order valence-corrected chi connectivity index (χ0v) is 66.5. The number of carboxylic acid groups (broad SMARTS) is 8. The first kappa shape index (κ1) is 100. The van der Waals surface area contributed by atoms with E-state index in [9.17, 15) is 88.8 Å². The molecule has 0 atom stereocenters. The van der Waals surface area contributed by atoms with Crippen LogP contribution in [-0.2, 0) is 130 Å². The Hall–Kier alpha value is -11.0. The molecule has 0 aromatic heterocycles. The van der Waals surface area contributed by atoms with Gasteiger partial charge in [-0.25, -0.2) is 0 Å². The van der Waals surface area contributed by atoms with Crippen molar-refractivity contribution in [3.8, 4) is 0 Å². The van der Waals surface area contributed by atoms with Gasteiger partial charge in [0.2, 0.25) is 12.8 Å². The van der Waals surface area contributed by atoms with Gasteiger partial charge < -0.3 is 94.5 Å². The van der Waals surface area contributed by atoms with Crippen LogP contribution in [0.25, 0.3) is 0 Å². The number of hydrogen-bond acceptors (Lipinski definition) is 22. The van der Waals surface area contributed by atoms with Gasteiger partial charge in [0.1, 0.15) is 5.57 Å². The number of allylic oxidation sites excluding steroid dienone is 4. The van der Waals surface area contributed by atoms with Gasteiger partial charge in [-0.05, 0) is 143 Å². The van der Waals surface area contributed by atoms with E-state index in [2.05, 4.69) is 32.1 Å². The summed E-state index contributed by atoms with van der Waals surface area (Å²) in [5.74, 6) is -10.2. The maximum absolute atomic E-state index is 11.5. The molecule has 8 aromatic carbocycles. The average Bonchev–Trinajstić information content (AvgIpc) is 0.848. The van der Waals surface area contributed by atoms with E-state index in [-0.39, 0.29) is 118 Å². The summed E-state index contributed by atoms with van der Waals surface area (Å²) in [6, 6.07) is 52.2. The second-order valence-corrected chi connectivity index (χ2v) is 26.6. The number of hydrogen-bond donors (Lipinski definition) is 0. The molecule has 2 N–H and O–H groups in total. The molecular weight excluding hydrogens is 1680 g/mol. The Bertz CT molecular complexity index is 4230. The third kappa shape index (κ3) is 35.1. The molecule has 2 aliphatic rings. The topological polar surface area (TPSA) is 406 Å². The molecule has 614 valence electrons. The number of benzene rings is 8. The van der Waals surface area contributed by atoms with E-state index >= 15 is 0 Å². The van der Waals surface area contributed by atoms with Gasteiger partial charge in [0, 0.05) is 130 Å². The van der Waals surface area contributed by atoms with Crippen molar-refractivity contribution >= 4 is 60.6 Å². The monoisotopic (exact) mass is 1750 g/mol. The fraction of sp³-hybridized carbons (Fsp3) is 0.209. The second kappa shape index (κ2) is 51.0. The summed E-state index contributed by atoms with van der Waals surface area (Å²) < 4.78 is 0. The predicted octanol–water partition coefficient (Wildman–Crippen LogP) is 1.19. The molecule has 115 heavy (non-hydrogen) atoms. The maximum Gasteiger partial charge on any atom is 2.00 e. The predicted molar refractivity (Wildman–Crippen MR) is 396 cm³/mol. The van der Waals surface area contributed by atoms with Gasteiger partial charge in [0.05, 0.1) is 85.3 Å². The fourth-order valence-corrected chi connectivity index (χ4v) is 11.9. The number of aromatic carboxylic acids is 8. The zero-order valence-electron chi connectivity index (χ0n) is 62.7. The molecule has 29 heteroatoms. The Labute approximate surface area is 709 Å². The molecule has 10 rings (SSSR count). The molecule has 0 saturated heterocycles. The number of carbonyl (C=O) groups is 10. The van der Waals surface area contributed by atoms with E-state index in [0.717, 1.165) is 79.6 Å². The Morgan fingerprint density at radius 3 is 0.713 bits per heavy atom. The first-order valence-corrected chi connectivity index (χ1v) is 34.6. The van der Waals surface area contributed by atoms with Crippen LogP contribution in [0.3, 0.4) is 0 Å². The summed E-state index contributed by atoms with van der Waals surface area (Å²) in [4.78, 5) is 122. The number of carbonyl (C=O) groups excluding carboxylic acids is 10. The molecule has 2 aliphatic carbocycles. The minimum atomic E-state index is -1.27. The number of carboxylic acids is 8. The first-order valence-electron chi connectivity index (χ1n) is 34.6. The maximum atomic E-state index is 11.5. The molecule has 25 nitrogen and oxygen atoms in total. The van der Waals surface area contributed by atoms with Gasteiger partial charge in [0.15, 0.2) is 0 Å². The largest absolute Gasteiger partial charge is 2.00 e. The molecule has 8 aromatic rings. The summed E-state index contributed by atoms with van der Waals surface area (Å²) in [5.41, 5.74) is 10.8. The average molecular weight is 1760 g/mol. The third-order valence-electron chi connectivity index (χ3n) is 17.0. The van der Waals surface area contributed by atoms with Crippen LogP contribution in [0.2, 0.25) is 0 Å². The van der Waals surface area contributed by atoms with E-state index in [1.807, 2.05) is 73.2 Å². The van der Waals surface area contributed by atoms with Gasteiger partial charge in [-0.3, -0.25) is 29.2 Å². The van der Waals surface area contributed by atoms with Crippen LogP contribution in [0, 0.1) is 12.8 Å². The molecule has 2 amide bonds. The molecule has 0 unspecified atom stereocenters. The Morgan fingerprint density at radius 1 is 0.322 bits per heavy atom. The van der Waals surface area contributed by atoms with Crippen molar-refractivity contribution in [2.24, 2.45) is 0 Å². The van der Waals surface area contributed by atoms with Crippen LogP contribution in [0.1, 0.15) is 140 Å². The van der Waals surface area contributed by atoms with Crippen molar-refractivity contribution in [1.29, 1.82) is 0 Å². The van der Waals surface area contributed by atoms with Crippen LogP contribution < -0.4 is 40.9 Å². The van der Waals surface area contributed by atoms with E-state index in [4.69, 9.17) is 0 Å². The van der Waals surface area contributed by atoms with Crippen LogP contribution in [0.15, 0.2) is 241 Å². The van der Waals surface area contributed by atoms with Crippen LogP contribution >= 0.6 is 0 Å². The molecule has 0 spiro atoms. The molecule has 2 radical (unpaired) electrons. The minimum Gasteiger partial charge on any atom is -0.545 e. The Kier molecular flexibility index (Phi) is 44.4. The number of amides is 2. The van der Waals surface area contributed by atoms with Crippen molar-refractivity contribution in [1.82, 2.24) is 29.4 Å². The molecular formula is C86H82Cu4N6O19. The van der Waals surface area contributed by atoms with E-state index < -0.39 is 47.8 Å². The SMILES string of the molecule is CN(C)C=O.CN(C)C=O.O.O=C([O-])c1cccc(CN(CC2=CC=C(CN(Cc3cccc(C(=O)[O-])c3)Cc3cccc(C(=O)[O-])c3)C[CH+]2)Cc2cccc(C(=O)[O-])c2)c1.O=C([O-])c1cccc(CN(CC2=CCC(CN(Cc3cccc(C(=O)[O-])c3)Cc3cccc(C(=O)[O-])c3)=C[CH+]2)Cc2cccc(C(=O)[O-])c2)c1.[Cu+2].[Cu+2].[Cu+].[Cu+]. The standard InChI is InChI=1S/2C40H36N2O8.2C3H7NO.4Cu.H2O/c2*43-37(44)33-9-1-5-29(17-33)23-41(24-30-6-2-10-34(18-30)38(45)46)21-27-13-15-28(16-14-27)22-42(25-31-7-3-11-35(19-31)39(47)48)26-32-8-4-12-36(20-32)40(49)50;2*1-4(2)3-5;;;;;/h2*1-15,17-20H,16,21-26H2,(H3-,43,44,45,46,47,48,49,50);2*3H,1-2H3;;;;;1H2/q;;;;2*+1;2*+2;/p-6. The molecule has 0 saturated carbocycles. The summed E-state index contributed by atoms with van der Waals surface area (Å²) in [6.45, 7) is 5.16. The minimum absolute atomic E-state index is 0. The Morgan fingerprint density at radius 2 is 0.530 bits per heavy atom. The fourth-order valence-electron chi connectivity index (χ4n) is 11.9. The van der Waals surface area contributed by atoms with Gasteiger partial charge >= 0.3 is 68.3 Å². The van der Waals surface area contributed by atoms with Crippen molar-refractivity contribution in [3.63, 3.8) is 0 Å². The van der Waals surface area contributed by atoms with Gasteiger partial charge in [-0.15, -0.1) is 0 Å². The number of rotatable bonds is 34. The van der Waals surface area contributed by atoms with Gasteiger partial charge in [-0.2, -0.15) is 0 Å². The Balaban J connectivity index is 0.000000671.